The van der Waals surface area contributed by atoms with Gasteiger partial charge in [0.2, 0.25) is 5.91 Å². The lowest BCUT2D eigenvalue weighted by atomic mass is 9.99. The molecule has 0 unspecified atom stereocenters. The van der Waals surface area contributed by atoms with E-state index >= 15 is 0 Å². The van der Waals surface area contributed by atoms with E-state index in [0.29, 0.717) is 29.3 Å². The number of carbonyl (C=O) groups excluding carboxylic acids is 2. The number of ether oxygens (including phenoxy) is 2. The third-order valence-corrected chi connectivity index (χ3v) is 3.30. The molecule has 0 saturated carbocycles. The Morgan fingerprint density at radius 1 is 1.37 bits per heavy atom. The highest BCUT2D eigenvalue weighted by molar-refractivity contribution is 6.30. The zero-order chi connectivity index (χ0) is 14.0. The lowest BCUT2D eigenvalue weighted by Crippen LogP contribution is -2.38. The number of halogens is 1. The average Bonchev–Trinajstić information content (AvgIpc) is 2.45. The molecule has 1 aliphatic heterocycles. The minimum absolute atomic E-state index is 0.0189. The molecule has 0 radical (unpaired) electrons. The summed E-state index contributed by atoms with van der Waals surface area (Å²) in [5.41, 5.74) is 0.908. The molecule has 19 heavy (non-hydrogen) atoms. The number of hydrogen-bond acceptors (Lipinski definition) is 4. The second kappa shape index (κ2) is 5.48. The van der Waals surface area contributed by atoms with Crippen LogP contribution in [0.25, 0.3) is 0 Å². The van der Waals surface area contributed by atoms with E-state index in [2.05, 4.69) is 0 Å². The highest BCUT2D eigenvalue weighted by Gasteiger charge is 2.31. The van der Waals surface area contributed by atoms with Gasteiger partial charge in [-0.2, -0.15) is 0 Å². The van der Waals surface area contributed by atoms with Crippen LogP contribution in [0.2, 0.25) is 0 Å². The van der Waals surface area contributed by atoms with Gasteiger partial charge in [0, 0.05) is 18.5 Å². The number of anilines is 1. The van der Waals surface area contributed by atoms with E-state index in [4.69, 9.17) is 21.1 Å². The predicted octanol–water partition coefficient (Wildman–Crippen LogP) is 1.86. The molecule has 2 rings (SSSR count). The second-order valence-electron chi connectivity index (χ2n) is 4.05. The molecule has 0 fully saturated rings. The minimum atomic E-state index is -0.262. The van der Waals surface area contributed by atoms with Crippen molar-refractivity contribution in [1.82, 2.24) is 0 Å². The molecule has 0 N–H and O–H groups in total. The van der Waals surface area contributed by atoms with Crippen LogP contribution in [0.4, 0.5) is 5.69 Å². The average molecular weight is 284 g/mol. The van der Waals surface area contributed by atoms with Crippen molar-refractivity contribution in [3.63, 3.8) is 0 Å². The molecule has 102 valence electrons. The zero-order valence-corrected chi connectivity index (χ0v) is 11.5. The Morgan fingerprint density at radius 2 is 2.11 bits per heavy atom. The number of carbonyl (C=O) groups is 2. The number of methoxy groups -OCH3 is 2. The third-order valence-electron chi connectivity index (χ3n) is 3.07. The van der Waals surface area contributed by atoms with Gasteiger partial charge in [-0.3, -0.25) is 9.59 Å². The summed E-state index contributed by atoms with van der Waals surface area (Å²) in [5, 5.41) is 0. The predicted molar refractivity (Wildman–Crippen MR) is 71.6 cm³/mol. The number of Topliss-reactive ketones (excluding diaryl/α,β-unsaturated/α-hetero) is 1. The molecule has 0 aliphatic carbocycles. The highest BCUT2D eigenvalue weighted by atomic mass is 35.5. The van der Waals surface area contributed by atoms with Gasteiger partial charge in [-0.05, 0) is 12.1 Å². The first kappa shape index (κ1) is 13.7. The smallest absolute Gasteiger partial charge is 0.242 e. The summed E-state index contributed by atoms with van der Waals surface area (Å²) < 4.78 is 10.5. The maximum Gasteiger partial charge on any atom is 0.242 e. The number of benzene rings is 1. The van der Waals surface area contributed by atoms with E-state index in [9.17, 15) is 9.59 Å². The Hall–Kier alpha value is -1.75. The van der Waals surface area contributed by atoms with Gasteiger partial charge in [0.1, 0.15) is 11.6 Å². The standard InChI is InChI=1S/C13H14ClNO4/c1-18-10-4-3-8-9(16)5-6-15(11(17)7-14)12(8)13(10)19-2/h3-4H,5-7H2,1-2H3. The van der Waals surface area contributed by atoms with Crippen molar-refractivity contribution in [2.45, 2.75) is 6.42 Å². The Labute approximate surface area is 116 Å². The summed E-state index contributed by atoms with van der Waals surface area (Å²) in [7, 11) is 2.98. The molecular weight excluding hydrogens is 270 g/mol. The molecule has 5 nitrogen and oxygen atoms in total. The summed E-state index contributed by atoms with van der Waals surface area (Å²) in [6.07, 6.45) is 0.283. The largest absolute Gasteiger partial charge is 0.493 e. The van der Waals surface area contributed by atoms with E-state index in [0.717, 1.165) is 0 Å². The molecule has 0 atom stereocenters. The summed E-state index contributed by atoms with van der Waals surface area (Å²) in [6.45, 7) is 0.306. The van der Waals surface area contributed by atoms with Gasteiger partial charge in [0.25, 0.3) is 0 Å². The second-order valence-corrected chi connectivity index (χ2v) is 4.32. The van der Waals surface area contributed by atoms with E-state index in [1.54, 1.807) is 12.1 Å². The Balaban J connectivity index is 2.64. The monoisotopic (exact) mass is 283 g/mol. The van der Waals surface area contributed by atoms with Crippen molar-refractivity contribution in [2.24, 2.45) is 0 Å². The summed E-state index contributed by atoms with van der Waals surface area (Å²) in [5.74, 6) is 0.431. The van der Waals surface area contributed by atoms with Crippen molar-refractivity contribution in [1.29, 1.82) is 0 Å². The molecule has 0 bridgehead atoms. The van der Waals surface area contributed by atoms with Crippen LogP contribution in [-0.2, 0) is 4.79 Å². The molecule has 6 heteroatoms. The number of amides is 1. The number of ketones is 1. The van der Waals surface area contributed by atoms with Crippen molar-refractivity contribution in [3.05, 3.63) is 17.7 Å². The molecule has 0 spiro atoms. The fourth-order valence-electron chi connectivity index (χ4n) is 2.18. The van der Waals surface area contributed by atoms with Crippen LogP contribution >= 0.6 is 11.6 Å². The summed E-state index contributed by atoms with van der Waals surface area (Å²) in [6, 6.07) is 3.30. The molecule has 0 saturated heterocycles. The maximum atomic E-state index is 11.9. The summed E-state index contributed by atoms with van der Waals surface area (Å²) >= 11 is 5.61. The minimum Gasteiger partial charge on any atom is -0.493 e. The van der Waals surface area contributed by atoms with Crippen LogP contribution < -0.4 is 14.4 Å². The number of fused-ring (bicyclic) bond motifs is 1. The van der Waals surface area contributed by atoms with Crippen LogP contribution in [0.5, 0.6) is 11.5 Å². The van der Waals surface area contributed by atoms with Gasteiger partial charge in [-0.15, -0.1) is 11.6 Å². The van der Waals surface area contributed by atoms with Crippen molar-refractivity contribution < 1.29 is 19.1 Å². The van der Waals surface area contributed by atoms with Crippen molar-refractivity contribution >= 4 is 29.0 Å². The first-order chi connectivity index (χ1) is 9.13. The lowest BCUT2D eigenvalue weighted by Gasteiger charge is -2.30. The number of rotatable bonds is 3. The number of nitrogens with zero attached hydrogens (tertiary/aromatic N) is 1. The highest BCUT2D eigenvalue weighted by Crippen LogP contribution is 2.42. The Morgan fingerprint density at radius 3 is 2.68 bits per heavy atom. The van der Waals surface area contributed by atoms with E-state index in [-0.39, 0.29) is 24.0 Å². The van der Waals surface area contributed by atoms with Crippen LogP contribution in [0.3, 0.4) is 0 Å². The molecule has 1 amide bonds. The summed E-state index contributed by atoms with van der Waals surface area (Å²) in [4.78, 5) is 25.3. The van der Waals surface area contributed by atoms with Crippen LogP contribution in [-0.4, -0.2) is 38.3 Å². The molecule has 1 aromatic rings. The van der Waals surface area contributed by atoms with Gasteiger partial charge >= 0.3 is 0 Å². The normalized spacial score (nSPS) is 14.1. The Kier molecular flexibility index (Phi) is 3.95. The van der Waals surface area contributed by atoms with Gasteiger partial charge in [0.05, 0.1) is 14.2 Å². The van der Waals surface area contributed by atoms with Crippen LogP contribution in [0.1, 0.15) is 16.8 Å². The van der Waals surface area contributed by atoms with Gasteiger partial charge in [0.15, 0.2) is 17.3 Å². The number of alkyl halides is 1. The van der Waals surface area contributed by atoms with Crippen molar-refractivity contribution in [3.8, 4) is 11.5 Å². The fourth-order valence-corrected chi connectivity index (χ4v) is 2.33. The molecular formula is C13H14ClNO4. The molecule has 1 aliphatic rings. The Bertz CT molecular complexity index is 530. The quantitative estimate of drug-likeness (QED) is 0.795. The van der Waals surface area contributed by atoms with E-state index < -0.39 is 0 Å². The van der Waals surface area contributed by atoms with Crippen LogP contribution in [0.15, 0.2) is 12.1 Å². The van der Waals surface area contributed by atoms with Gasteiger partial charge < -0.3 is 14.4 Å². The van der Waals surface area contributed by atoms with E-state index in [1.165, 1.54) is 19.1 Å². The maximum absolute atomic E-state index is 11.9. The van der Waals surface area contributed by atoms with E-state index in [1.807, 2.05) is 0 Å². The molecule has 0 aromatic heterocycles. The first-order valence-electron chi connectivity index (χ1n) is 5.78. The topological polar surface area (TPSA) is 55.8 Å². The SMILES string of the molecule is COc1ccc2c(c1OC)N(C(=O)CCl)CCC2=O. The first-order valence-corrected chi connectivity index (χ1v) is 6.32. The van der Waals surface area contributed by atoms with Crippen LogP contribution in [0, 0.1) is 0 Å². The number of hydrogen-bond donors (Lipinski definition) is 0. The molecule has 1 heterocycles. The molecule has 1 aromatic carbocycles. The van der Waals surface area contributed by atoms with Gasteiger partial charge in [-0.25, -0.2) is 0 Å². The fraction of sp³-hybridized carbons (Fsp3) is 0.385. The zero-order valence-electron chi connectivity index (χ0n) is 10.7. The van der Waals surface area contributed by atoms with Crippen molar-refractivity contribution in [2.75, 3.05) is 31.5 Å². The van der Waals surface area contributed by atoms with Gasteiger partial charge in [-0.1, -0.05) is 0 Å². The third kappa shape index (κ3) is 2.26. The lowest BCUT2D eigenvalue weighted by molar-refractivity contribution is -0.116.